The van der Waals surface area contributed by atoms with Gasteiger partial charge in [-0.25, -0.2) is 0 Å². The van der Waals surface area contributed by atoms with Gasteiger partial charge in [0.1, 0.15) is 0 Å². The van der Waals surface area contributed by atoms with E-state index in [4.69, 9.17) is 10.5 Å². The first-order valence-electron chi connectivity index (χ1n) is 6.18. The van der Waals surface area contributed by atoms with Crippen LogP contribution in [0.2, 0.25) is 0 Å². The van der Waals surface area contributed by atoms with E-state index in [2.05, 4.69) is 4.98 Å². The summed E-state index contributed by atoms with van der Waals surface area (Å²) in [7, 11) is 0. The number of benzene rings is 1. The molecule has 104 valence electrons. The Balaban J connectivity index is 0.00000180. The van der Waals surface area contributed by atoms with Crippen LogP contribution in [0, 0.1) is 5.92 Å². The van der Waals surface area contributed by atoms with Gasteiger partial charge in [-0.3, -0.25) is 4.79 Å². The second-order valence-electron chi connectivity index (χ2n) is 4.25. The molecule has 1 unspecified atom stereocenters. The summed E-state index contributed by atoms with van der Waals surface area (Å²) >= 11 is 0. The minimum atomic E-state index is -0.274. The predicted molar refractivity (Wildman–Crippen MR) is 78.4 cm³/mol. The smallest absolute Gasteiger partial charge is 0.310 e. The molecule has 0 spiro atoms. The third kappa shape index (κ3) is 3.49. The molecule has 1 heterocycles. The summed E-state index contributed by atoms with van der Waals surface area (Å²) in [6, 6.07) is 8.02. The quantitative estimate of drug-likeness (QED) is 0.827. The van der Waals surface area contributed by atoms with Gasteiger partial charge in [0.25, 0.3) is 0 Å². The van der Waals surface area contributed by atoms with Crippen molar-refractivity contribution in [3.8, 4) is 0 Å². The van der Waals surface area contributed by atoms with E-state index in [1.807, 2.05) is 30.5 Å². The predicted octanol–water partition coefficient (Wildman–Crippen LogP) is 2.27. The molecule has 0 amide bonds. The Bertz CT molecular complexity index is 539. The molecule has 1 aromatic heterocycles. The molecule has 0 aliphatic heterocycles. The number of nitrogens with two attached hydrogens (primary N) is 1. The molecular formula is C14H19ClN2O2. The summed E-state index contributed by atoms with van der Waals surface area (Å²) in [6.45, 7) is 2.50. The highest BCUT2D eigenvalue weighted by Crippen LogP contribution is 2.20. The van der Waals surface area contributed by atoms with Crippen molar-refractivity contribution < 1.29 is 9.53 Å². The molecule has 4 nitrogen and oxygen atoms in total. The fourth-order valence-electron chi connectivity index (χ4n) is 2.09. The maximum absolute atomic E-state index is 11.7. The van der Waals surface area contributed by atoms with Gasteiger partial charge in [-0.15, -0.1) is 12.4 Å². The second-order valence-corrected chi connectivity index (χ2v) is 4.25. The maximum atomic E-state index is 11.7. The maximum Gasteiger partial charge on any atom is 0.310 e. The number of rotatable bonds is 5. The molecule has 0 aliphatic carbocycles. The number of carbonyl (C=O) groups is 1. The number of fused-ring (bicyclic) bond motifs is 1. The number of para-hydroxylation sites is 1. The largest absolute Gasteiger partial charge is 0.466 e. The lowest BCUT2D eigenvalue weighted by Crippen LogP contribution is -2.27. The van der Waals surface area contributed by atoms with E-state index >= 15 is 0 Å². The van der Waals surface area contributed by atoms with Crippen molar-refractivity contribution in [2.45, 2.75) is 13.3 Å². The van der Waals surface area contributed by atoms with Crippen molar-refractivity contribution in [2.75, 3.05) is 13.2 Å². The van der Waals surface area contributed by atoms with E-state index in [0.29, 0.717) is 19.6 Å². The van der Waals surface area contributed by atoms with Gasteiger partial charge in [-0.2, -0.15) is 0 Å². The van der Waals surface area contributed by atoms with Gasteiger partial charge in [0.2, 0.25) is 0 Å². The van der Waals surface area contributed by atoms with Gasteiger partial charge >= 0.3 is 5.97 Å². The Labute approximate surface area is 118 Å². The van der Waals surface area contributed by atoms with E-state index in [1.165, 1.54) is 0 Å². The van der Waals surface area contributed by atoms with Crippen molar-refractivity contribution in [1.82, 2.24) is 4.98 Å². The molecule has 0 radical (unpaired) electrons. The van der Waals surface area contributed by atoms with Crippen LogP contribution in [0.15, 0.2) is 30.5 Å². The molecule has 0 fully saturated rings. The Morgan fingerprint density at radius 3 is 2.84 bits per heavy atom. The van der Waals surface area contributed by atoms with E-state index in [-0.39, 0.29) is 24.3 Å². The number of hydrogen-bond donors (Lipinski definition) is 2. The number of esters is 1. The van der Waals surface area contributed by atoms with Crippen molar-refractivity contribution in [2.24, 2.45) is 11.7 Å². The van der Waals surface area contributed by atoms with Gasteiger partial charge < -0.3 is 15.5 Å². The number of aromatic nitrogens is 1. The number of hydrogen-bond acceptors (Lipinski definition) is 3. The average Bonchev–Trinajstić information content (AvgIpc) is 2.79. The number of nitrogens with one attached hydrogen (secondary N) is 1. The van der Waals surface area contributed by atoms with Gasteiger partial charge in [0.05, 0.1) is 12.5 Å². The standard InChI is InChI=1S/C14H18N2O2.ClH/c1-2-18-14(17)10(8-15)7-11-9-16-13-6-4-3-5-12(11)13;/h3-6,9-10,16H,2,7-8,15H2,1H3;1H. The summed E-state index contributed by atoms with van der Waals surface area (Å²) < 4.78 is 5.03. The van der Waals surface area contributed by atoms with Crippen LogP contribution in [-0.4, -0.2) is 24.1 Å². The molecule has 3 N–H and O–H groups in total. The Morgan fingerprint density at radius 1 is 1.42 bits per heavy atom. The zero-order valence-corrected chi connectivity index (χ0v) is 11.7. The lowest BCUT2D eigenvalue weighted by Gasteiger charge is -2.12. The molecule has 2 aromatic rings. The Hall–Kier alpha value is -1.52. The number of ether oxygens (including phenoxy) is 1. The first-order chi connectivity index (χ1) is 8.76. The van der Waals surface area contributed by atoms with Crippen LogP contribution < -0.4 is 5.73 Å². The third-order valence-corrected chi connectivity index (χ3v) is 3.05. The van der Waals surface area contributed by atoms with Crippen LogP contribution in [0.4, 0.5) is 0 Å². The molecule has 0 saturated carbocycles. The highest BCUT2D eigenvalue weighted by molar-refractivity contribution is 5.85. The van der Waals surface area contributed by atoms with Crippen LogP contribution in [-0.2, 0) is 16.0 Å². The topological polar surface area (TPSA) is 68.1 Å². The van der Waals surface area contributed by atoms with E-state index in [9.17, 15) is 4.79 Å². The molecular weight excluding hydrogens is 264 g/mol. The number of halogens is 1. The third-order valence-electron chi connectivity index (χ3n) is 3.05. The van der Waals surface area contributed by atoms with Gasteiger partial charge in [0, 0.05) is 23.6 Å². The summed E-state index contributed by atoms with van der Waals surface area (Å²) in [6.07, 6.45) is 2.55. The van der Waals surface area contributed by atoms with E-state index in [0.717, 1.165) is 16.5 Å². The van der Waals surface area contributed by atoms with Crippen LogP contribution in [0.25, 0.3) is 10.9 Å². The summed E-state index contributed by atoms with van der Waals surface area (Å²) in [4.78, 5) is 14.9. The van der Waals surface area contributed by atoms with E-state index in [1.54, 1.807) is 6.92 Å². The van der Waals surface area contributed by atoms with Crippen LogP contribution in [0.3, 0.4) is 0 Å². The van der Waals surface area contributed by atoms with Crippen molar-refractivity contribution in [3.63, 3.8) is 0 Å². The molecule has 5 heteroatoms. The van der Waals surface area contributed by atoms with Gasteiger partial charge in [0.15, 0.2) is 0 Å². The number of carbonyl (C=O) groups excluding carboxylic acids is 1. The minimum Gasteiger partial charge on any atom is -0.466 e. The SMILES string of the molecule is CCOC(=O)C(CN)Cc1c[nH]c2ccccc12.Cl. The molecule has 2 rings (SSSR count). The number of aromatic amines is 1. The zero-order valence-electron chi connectivity index (χ0n) is 10.9. The minimum absolute atomic E-state index is 0. The average molecular weight is 283 g/mol. The zero-order chi connectivity index (χ0) is 13.0. The first kappa shape index (κ1) is 15.5. The Kier molecular flexibility index (Phi) is 5.86. The van der Waals surface area contributed by atoms with Crippen molar-refractivity contribution in [1.29, 1.82) is 0 Å². The van der Waals surface area contributed by atoms with Crippen molar-refractivity contribution in [3.05, 3.63) is 36.0 Å². The summed E-state index contributed by atoms with van der Waals surface area (Å²) in [5.74, 6) is -0.491. The molecule has 0 aliphatic rings. The summed E-state index contributed by atoms with van der Waals surface area (Å²) in [5.41, 5.74) is 7.84. The molecule has 1 atom stereocenters. The lowest BCUT2D eigenvalue weighted by atomic mass is 9.99. The van der Waals surface area contributed by atoms with Gasteiger partial charge in [-0.05, 0) is 25.0 Å². The second kappa shape index (κ2) is 7.16. The van der Waals surface area contributed by atoms with Crippen LogP contribution >= 0.6 is 12.4 Å². The fraction of sp³-hybridized carbons (Fsp3) is 0.357. The summed E-state index contributed by atoms with van der Waals surface area (Å²) in [5, 5.41) is 1.14. The fourth-order valence-corrected chi connectivity index (χ4v) is 2.09. The van der Waals surface area contributed by atoms with Crippen LogP contribution in [0.1, 0.15) is 12.5 Å². The lowest BCUT2D eigenvalue weighted by molar-refractivity contribution is -0.147. The molecule has 0 saturated heterocycles. The van der Waals surface area contributed by atoms with E-state index < -0.39 is 0 Å². The van der Waals surface area contributed by atoms with Crippen molar-refractivity contribution >= 4 is 29.3 Å². The van der Waals surface area contributed by atoms with Gasteiger partial charge in [-0.1, -0.05) is 18.2 Å². The highest BCUT2D eigenvalue weighted by atomic mass is 35.5. The first-order valence-corrected chi connectivity index (χ1v) is 6.18. The molecule has 0 bridgehead atoms. The highest BCUT2D eigenvalue weighted by Gasteiger charge is 2.19. The number of H-pyrrole nitrogens is 1. The molecule has 1 aromatic carbocycles. The Morgan fingerprint density at radius 2 is 2.16 bits per heavy atom. The van der Waals surface area contributed by atoms with Crippen LogP contribution in [0.5, 0.6) is 0 Å². The normalized spacial score (nSPS) is 11.9. The monoisotopic (exact) mass is 282 g/mol. The molecule has 19 heavy (non-hydrogen) atoms.